The Kier molecular flexibility index (Phi) is 4.93. The number of alkyl carbamates (subject to hydrolysis) is 1. The number of aromatic nitrogens is 2. The topological polar surface area (TPSA) is 80.5 Å². The number of nitrogens with zero attached hydrogens (tertiary/aromatic N) is 3. The molecule has 7 heteroatoms. The molecule has 0 bridgehead atoms. The molecule has 1 aliphatic rings. The third-order valence-corrected chi connectivity index (χ3v) is 3.47. The molecule has 1 saturated heterocycles. The zero-order chi connectivity index (χ0) is 16.3. The highest BCUT2D eigenvalue weighted by Gasteiger charge is 2.24. The van der Waals surface area contributed by atoms with Crippen molar-refractivity contribution in [3.05, 3.63) is 5.89 Å². The lowest BCUT2D eigenvalue weighted by Crippen LogP contribution is -2.35. The fourth-order valence-corrected chi connectivity index (χ4v) is 2.45. The van der Waals surface area contributed by atoms with Crippen LogP contribution in [0.15, 0.2) is 4.52 Å². The summed E-state index contributed by atoms with van der Waals surface area (Å²) in [7, 11) is 0. The molecule has 0 aliphatic carbocycles. The first-order chi connectivity index (χ1) is 10.2. The minimum Gasteiger partial charge on any atom is -0.444 e. The number of hydrogen-bond acceptors (Lipinski definition) is 6. The Bertz CT molecular complexity index is 509. The fourth-order valence-electron chi connectivity index (χ4n) is 2.45. The molecule has 2 heterocycles. The van der Waals surface area contributed by atoms with Crippen molar-refractivity contribution in [2.75, 3.05) is 18.0 Å². The molecule has 0 radical (unpaired) electrons. The van der Waals surface area contributed by atoms with E-state index in [9.17, 15) is 4.79 Å². The van der Waals surface area contributed by atoms with E-state index in [0.29, 0.717) is 17.8 Å². The molecular formula is C15H26N4O3. The average Bonchev–Trinajstić information content (AvgIpc) is 2.85. The lowest BCUT2D eigenvalue weighted by Gasteiger charge is -2.29. The van der Waals surface area contributed by atoms with Crippen LogP contribution in [0, 0.1) is 5.92 Å². The predicted octanol–water partition coefficient (Wildman–Crippen LogP) is 2.89. The molecule has 7 nitrogen and oxygen atoms in total. The van der Waals surface area contributed by atoms with Crippen LogP contribution in [0.2, 0.25) is 0 Å². The van der Waals surface area contributed by atoms with Crippen molar-refractivity contribution in [1.82, 2.24) is 15.5 Å². The van der Waals surface area contributed by atoms with E-state index in [4.69, 9.17) is 9.26 Å². The highest BCUT2D eigenvalue weighted by molar-refractivity contribution is 5.68. The van der Waals surface area contributed by atoms with E-state index < -0.39 is 17.7 Å². The zero-order valence-corrected chi connectivity index (χ0v) is 14.0. The largest absolute Gasteiger partial charge is 0.444 e. The van der Waals surface area contributed by atoms with Gasteiger partial charge >= 0.3 is 6.09 Å². The van der Waals surface area contributed by atoms with Gasteiger partial charge in [0.2, 0.25) is 0 Å². The summed E-state index contributed by atoms with van der Waals surface area (Å²) < 4.78 is 10.5. The summed E-state index contributed by atoms with van der Waals surface area (Å²) in [5.41, 5.74) is -0.534. The van der Waals surface area contributed by atoms with Crippen molar-refractivity contribution >= 4 is 12.0 Å². The molecule has 2 atom stereocenters. The Morgan fingerprint density at radius 1 is 1.50 bits per heavy atom. The van der Waals surface area contributed by atoms with Gasteiger partial charge in [0.1, 0.15) is 11.6 Å². The van der Waals surface area contributed by atoms with Crippen LogP contribution in [0.3, 0.4) is 0 Å². The Balaban J connectivity index is 1.94. The van der Waals surface area contributed by atoms with Crippen molar-refractivity contribution in [2.24, 2.45) is 5.92 Å². The van der Waals surface area contributed by atoms with Crippen LogP contribution in [0.1, 0.15) is 59.4 Å². The van der Waals surface area contributed by atoms with Gasteiger partial charge in [-0.1, -0.05) is 6.92 Å². The number of hydrogen-bond donors (Lipinski definition) is 1. The minimum atomic E-state index is -0.534. The molecule has 1 amide bonds. The van der Waals surface area contributed by atoms with Gasteiger partial charge in [-0.05, 0) is 51.6 Å². The number of nitrogens with one attached hydrogen (secondary N) is 1. The molecule has 1 aromatic heterocycles. The first-order valence-electron chi connectivity index (χ1n) is 7.82. The maximum absolute atomic E-state index is 11.8. The van der Waals surface area contributed by atoms with E-state index in [-0.39, 0.29) is 0 Å². The van der Waals surface area contributed by atoms with E-state index in [0.717, 1.165) is 19.5 Å². The van der Waals surface area contributed by atoms with E-state index in [1.54, 1.807) is 6.92 Å². The van der Waals surface area contributed by atoms with Crippen LogP contribution in [-0.2, 0) is 4.74 Å². The van der Waals surface area contributed by atoms with Gasteiger partial charge in [-0.15, -0.1) is 0 Å². The minimum absolute atomic E-state index is 0.388. The summed E-state index contributed by atoms with van der Waals surface area (Å²) in [6.07, 6.45) is 1.88. The summed E-state index contributed by atoms with van der Waals surface area (Å²) in [6.45, 7) is 11.3. The maximum atomic E-state index is 11.8. The van der Waals surface area contributed by atoms with E-state index >= 15 is 0 Å². The quantitative estimate of drug-likeness (QED) is 0.924. The van der Waals surface area contributed by atoms with Crippen molar-refractivity contribution in [3.63, 3.8) is 0 Å². The molecule has 0 saturated carbocycles. The number of anilines is 1. The van der Waals surface area contributed by atoms with Crippen LogP contribution in [0.5, 0.6) is 0 Å². The second kappa shape index (κ2) is 6.54. The number of amides is 1. The molecule has 1 aliphatic heterocycles. The summed E-state index contributed by atoms with van der Waals surface area (Å²) in [5, 5.41) is 6.73. The number of piperidine rings is 1. The third-order valence-electron chi connectivity index (χ3n) is 3.47. The number of carbonyl (C=O) groups is 1. The smallest absolute Gasteiger partial charge is 0.408 e. The van der Waals surface area contributed by atoms with E-state index in [1.807, 2.05) is 20.8 Å². The predicted molar refractivity (Wildman–Crippen MR) is 82.7 cm³/mol. The van der Waals surface area contributed by atoms with Crippen LogP contribution < -0.4 is 10.2 Å². The van der Waals surface area contributed by atoms with Gasteiger partial charge in [0.25, 0.3) is 11.8 Å². The van der Waals surface area contributed by atoms with Crippen molar-refractivity contribution in [3.8, 4) is 0 Å². The molecule has 22 heavy (non-hydrogen) atoms. The number of carbonyl (C=O) groups excluding carboxylic acids is 1. The first-order valence-corrected chi connectivity index (χ1v) is 7.82. The molecule has 0 spiro atoms. The lowest BCUT2D eigenvalue weighted by molar-refractivity contribution is 0.0499. The lowest BCUT2D eigenvalue weighted by atomic mass is 10.0. The molecular weight excluding hydrogens is 284 g/mol. The summed E-state index contributed by atoms with van der Waals surface area (Å²) in [4.78, 5) is 18.3. The summed E-state index contributed by atoms with van der Waals surface area (Å²) in [5.74, 6) is 1.62. The van der Waals surface area contributed by atoms with Crippen LogP contribution in [0.4, 0.5) is 10.7 Å². The maximum Gasteiger partial charge on any atom is 0.408 e. The Hall–Kier alpha value is -1.79. The molecule has 0 aromatic carbocycles. The number of ether oxygens (including phenoxy) is 1. The SMILES string of the molecule is C[C@@H]1CCCN(c2noc([C@@H](C)NC(=O)OC(C)(C)C)n2)C1. The second-order valence-electron chi connectivity index (χ2n) is 6.99. The van der Waals surface area contributed by atoms with Crippen molar-refractivity contribution < 1.29 is 14.1 Å². The van der Waals surface area contributed by atoms with Gasteiger partial charge < -0.3 is 19.5 Å². The molecule has 124 valence electrons. The van der Waals surface area contributed by atoms with Gasteiger partial charge in [0, 0.05) is 13.1 Å². The van der Waals surface area contributed by atoms with Crippen molar-refractivity contribution in [1.29, 1.82) is 0 Å². The Labute approximate surface area is 131 Å². The van der Waals surface area contributed by atoms with Gasteiger partial charge in [-0.2, -0.15) is 4.98 Å². The zero-order valence-electron chi connectivity index (χ0n) is 14.0. The number of rotatable bonds is 3. The average molecular weight is 310 g/mol. The molecule has 2 rings (SSSR count). The standard InChI is InChI=1S/C15H26N4O3/c1-10-7-6-8-19(9-10)13-17-12(22-18-13)11(2)16-14(20)21-15(3,4)5/h10-11H,6-9H2,1-5H3,(H,16,20)/t10-,11-/m1/s1. The summed E-state index contributed by atoms with van der Waals surface area (Å²) >= 11 is 0. The van der Waals surface area contributed by atoms with Crippen LogP contribution in [-0.4, -0.2) is 34.9 Å². The van der Waals surface area contributed by atoms with Crippen LogP contribution >= 0.6 is 0 Å². The van der Waals surface area contributed by atoms with Gasteiger partial charge in [-0.3, -0.25) is 0 Å². The Morgan fingerprint density at radius 3 is 2.86 bits per heavy atom. The molecule has 1 N–H and O–H groups in total. The molecule has 1 aromatic rings. The van der Waals surface area contributed by atoms with Gasteiger partial charge in [0.15, 0.2) is 0 Å². The van der Waals surface area contributed by atoms with E-state index in [1.165, 1.54) is 6.42 Å². The highest BCUT2D eigenvalue weighted by Crippen LogP contribution is 2.22. The van der Waals surface area contributed by atoms with Gasteiger partial charge in [0.05, 0.1) is 0 Å². The first kappa shape index (κ1) is 16.6. The summed E-state index contributed by atoms with van der Waals surface area (Å²) in [6, 6.07) is -0.390. The molecule has 0 unspecified atom stereocenters. The third kappa shape index (κ3) is 4.61. The highest BCUT2D eigenvalue weighted by atomic mass is 16.6. The second-order valence-corrected chi connectivity index (χ2v) is 6.99. The van der Waals surface area contributed by atoms with Gasteiger partial charge in [-0.25, -0.2) is 4.79 Å². The fraction of sp³-hybridized carbons (Fsp3) is 0.800. The van der Waals surface area contributed by atoms with Crippen LogP contribution in [0.25, 0.3) is 0 Å². The molecule has 1 fully saturated rings. The van der Waals surface area contributed by atoms with E-state index in [2.05, 4.69) is 27.3 Å². The Morgan fingerprint density at radius 2 is 2.23 bits per heavy atom. The monoisotopic (exact) mass is 310 g/mol. The van der Waals surface area contributed by atoms with Crippen molar-refractivity contribution in [2.45, 2.75) is 59.1 Å². The normalized spacial score (nSPS) is 20.6.